The van der Waals surface area contributed by atoms with Crippen molar-refractivity contribution in [2.24, 2.45) is 9.98 Å². The standard InChI is InChI=1S/C19H21N3O3.C15H15N3O/c1-3-25-16(23)13-22-18(24)17(14-7-9-15(20-2)10-8-14)21-19(22)11-5-4-6-12-19;1-16-12-7-5-11(6-8-12)13-14(19)18-15(17-13)9-3-2-4-10-15/h7-10H,3-6,11-13H2,1H3;5-8H,2-4,9-10H2,(H,18,19). The molecule has 4 aliphatic rings. The van der Waals surface area contributed by atoms with Gasteiger partial charge in [0.05, 0.1) is 19.8 Å². The lowest BCUT2D eigenvalue weighted by Gasteiger charge is -2.38. The summed E-state index contributed by atoms with van der Waals surface area (Å²) < 4.78 is 5.04. The van der Waals surface area contributed by atoms with Gasteiger partial charge in [0.25, 0.3) is 11.8 Å². The average Bonchev–Trinajstić information content (AvgIpc) is 3.50. The summed E-state index contributed by atoms with van der Waals surface area (Å²) in [6.07, 6.45) is 9.95. The van der Waals surface area contributed by atoms with Gasteiger partial charge < -0.3 is 15.0 Å². The fourth-order valence-corrected chi connectivity index (χ4v) is 6.40. The molecule has 226 valence electrons. The molecular formula is C34H36N6O4. The molecule has 2 aliphatic heterocycles. The second-order valence-corrected chi connectivity index (χ2v) is 11.5. The zero-order chi connectivity index (χ0) is 31.2. The van der Waals surface area contributed by atoms with Crippen LogP contribution >= 0.6 is 0 Å². The first-order chi connectivity index (χ1) is 21.3. The second-order valence-electron chi connectivity index (χ2n) is 11.5. The number of rotatable bonds is 5. The molecule has 2 heterocycles. The van der Waals surface area contributed by atoms with Crippen LogP contribution in [0.2, 0.25) is 0 Å². The number of hydrogen-bond acceptors (Lipinski definition) is 6. The van der Waals surface area contributed by atoms with Crippen LogP contribution in [0.15, 0.2) is 58.5 Å². The van der Waals surface area contributed by atoms with E-state index in [-0.39, 0.29) is 24.0 Å². The highest BCUT2D eigenvalue weighted by molar-refractivity contribution is 6.47. The van der Waals surface area contributed by atoms with Crippen molar-refractivity contribution < 1.29 is 19.1 Å². The van der Waals surface area contributed by atoms with E-state index in [0.717, 1.165) is 63.4 Å². The topological polar surface area (TPSA) is 109 Å². The highest BCUT2D eigenvalue weighted by Crippen LogP contribution is 2.40. The van der Waals surface area contributed by atoms with E-state index in [1.54, 1.807) is 60.4 Å². The molecule has 2 aromatic carbocycles. The first-order valence-corrected chi connectivity index (χ1v) is 15.3. The van der Waals surface area contributed by atoms with Crippen LogP contribution in [0, 0.1) is 13.1 Å². The number of amides is 2. The van der Waals surface area contributed by atoms with Gasteiger partial charge in [-0.2, -0.15) is 0 Å². The van der Waals surface area contributed by atoms with Crippen LogP contribution in [-0.4, -0.2) is 58.6 Å². The maximum atomic E-state index is 13.0. The van der Waals surface area contributed by atoms with Gasteiger partial charge in [0.1, 0.15) is 29.3 Å². The second kappa shape index (κ2) is 13.2. The lowest BCUT2D eigenvalue weighted by atomic mass is 9.88. The average molecular weight is 593 g/mol. The van der Waals surface area contributed by atoms with Gasteiger partial charge in [-0.1, -0.05) is 61.4 Å². The van der Waals surface area contributed by atoms with E-state index >= 15 is 0 Å². The van der Waals surface area contributed by atoms with E-state index in [0.29, 0.717) is 35.0 Å². The third kappa shape index (κ3) is 6.40. The molecule has 0 saturated heterocycles. The fraction of sp³-hybridized carbons (Fsp3) is 0.441. The van der Waals surface area contributed by atoms with Crippen molar-refractivity contribution in [2.45, 2.75) is 82.5 Å². The van der Waals surface area contributed by atoms with Crippen LogP contribution in [0.3, 0.4) is 0 Å². The number of esters is 1. The summed E-state index contributed by atoms with van der Waals surface area (Å²) in [5.41, 5.74) is 2.49. The normalized spacial score (nSPS) is 19.7. The molecule has 10 nitrogen and oxygen atoms in total. The van der Waals surface area contributed by atoms with Crippen molar-refractivity contribution in [3.63, 3.8) is 0 Å². The van der Waals surface area contributed by atoms with Crippen LogP contribution < -0.4 is 5.32 Å². The number of hydrogen-bond donors (Lipinski definition) is 1. The Balaban J connectivity index is 0.000000181. The molecule has 10 heteroatoms. The molecular weight excluding hydrogens is 556 g/mol. The molecule has 1 N–H and O–H groups in total. The Morgan fingerprint density at radius 2 is 1.34 bits per heavy atom. The molecule has 2 aromatic rings. The number of carbonyl (C=O) groups is 3. The Morgan fingerprint density at radius 3 is 1.86 bits per heavy atom. The number of benzene rings is 2. The summed E-state index contributed by atoms with van der Waals surface area (Å²) >= 11 is 0. The zero-order valence-electron chi connectivity index (χ0n) is 25.0. The van der Waals surface area contributed by atoms with Gasteiger partial charge in [-0.05, 0) is 58.3 Å². The molecule has 0 radical (unpaired) electrons. The van der Waals surface area contributed by atoms with Crippen molar-refractivity contribution >= 4 is 40.6 Å². The van der Waals surface area contributed by atoms with E-state index < -0.39 is 11.6 Å². The first-order valence-electron chi connectivity index (χ1n) is 15.3. The van der Waals surface area contributed by atoms with Gasteiger partial charge in [-0.15, -0.1) is 0 Å². The van der Waals surface area contributed by atoms with E-state index in [1.165, 1.54) is 6.42 Å². The Morgan fingerprint density at radius 1 is 0.818 bits per heavy atom. The predicted octanol–water partition coefficient (Wildman–Crippen LogP) is 5.91. The number of aliphatic imine (C=N–C) groups is 2. The largest absolute Gasteiger partial charge is 0.465 e. The van der Waals surface area contributed by atoms with Crippen molar-refractivity contribution in [1.82, 2.24) is 10.2 Å². The van der Waals surface area contributed by atoms with Crippen molar-refractivity contribution in [1.29, 1.82) is 0 Å². The minimum atomic E-state index is -0.629. The Hall–Kier alpha value is -4.83. The molecule has 2 saturated carbocycles. The lowest BCUT2D eigenvalue weighted by molar-refractivity contribution is -0.150. The van der Waals surface area contributed by atoms with Gasteiger partial charge in [-0.25, -0.2) is 9.69 Å². The minimum absolute atomic E-state index is 0.0696. The van der Waals surface area contributed by atoms with E-state index in [1.807, 2.05) is 0 Å². The molecule has 0 aromatic heterocycles. The van der Waals surface area contributed by atoms with E-state index in [4.69, 9.17) is 22.9 Å². The van der Waals surface area contributed by atoms with E-state index in [9.17, 15) is 14.4 Å². The molecule has 2 amide bonds. The molecule has 0 bridgehead atoms. The maximum Gasteiger partial charge on any atom is 0.325 e. The van der Waals surface area contributed by atoms with Crippen LogP contribution in [0.4, 0.5) is 11.4 Å². The summed E-state index contributed by atoms with van der Waals surface area (Å²) in [5.74, 6) is -0.719. The smallest absolute Gasteiger partial charge is 0.325 e. The SMILES string of the molecule is [C-]#[N+]c1ccc(C2=NC3(CCCCC3)N(CC(=O)OCC)C2=O)cc1.[C-]#[N+]c1ccc(C2=NC3(CCCCC3)NC2=O)cc1. The molecule has 6 rings (SSSR count). The third-order valence-corrected chi connectivity index (χ3v) is 8.62. The van der Waals surface area contributed by atoms with Crippen LogP contribution in [-0.2, 0) is 19.1 Å². The van der Waals surface area contributed by atoms with Crippen LogP contribution in [0.1, 0.15) is 82.3 Å². The summed E-state index contributed by atoms with van der Waals surface area (Å²) in [5, 5.41) is 3.04. The summed E-state index contributed by atoms with van der Waals surface area (Å²) in [7, 11) is 0. The first kappa shape index (κ1) is 30.6. The van der Waals surface area contributed by atoms with Crippen molar-refractivity contribution in [3.8, 4) is 0 Å². The Kier molecular flexibility index (Phi) is 9.20. The minimum Gasteiger partial charge on any atom is -0.465 e. The summed E-state index contributed by atoms with van der Waals surface area (Å²) in [6.45, 7) is 15.9. The number of carbonyl (C=O) groups excluding carboxylic acids is 3. The highest BCUT2D eigenvalue weighted by Gasteiger charge is 2.48. The quantitative estimate of drug-likeness (QED) is 0.344. The molecule has 2 spiro atoms. The van der Waals surface area contributed by atoms with Gasteiger partial charge in [0.15, 0.2) is 11.4 Å². The number of nitrogens with zero attached hydrogens (tertiary/aromatic N) is 5. The number of ether oxygens (including phenoxy) is 1. The third-order valence-electron chi connectivity index (χ3n) is 8.62. The van der Waals surface area contributed by atoms with Crippen LogP contribution in [0.5, 0.6) is 0 Å². The van der Waals surface area contributed by atoms with Gasteiger partial charge in [-0.3, -0.25) is 24.4 Å². The van der Waals surface area contributed by atoms with Gasteiger partial charge >= 0.3 is 5.97 Å². The fourth-order valence-electron chi connectivity index (χ4n) is 6.40. The van der Waals surface area contributed by atoms with Gasteiger partial charge in [0.2, 0.25) is 0 Å². The molecule has 0 atom stereocenters. The molecule has 44 heavy (non-hydrogen) atoms. The Bertz CT molecular complexity index is 1550. The predicted molar refractivity (Wildman–Crippen MR) is 167 cm³/mol. The monoisotopic (exact) mass is 592 g/mol. The van der Waals surface area contributed by atoms with Crippen molar-refractivity contribution in [2.75, 3.05) is 13.2 Å². The molecule has 2 aliphatic carbocycles. The van der Waals surface area contributed by atoms with Crippen molar-refractivity contribution in [3.05, 3.63) is 82.5 Å². The summed E-state index contributed by atoms with van der Waals surface area (Å²) in [6, 6.07) is 13.9. The zero-order valence-corrected chi connectivity index (χ0v) is 25.0. The Labute approximate surface area is 257 Å². The van der Waals surface area contributed by atoms with Crippen LogP contribution in [0.25, 0.3) is 9.69 Å². The van der Waals surface area contributed by atoms with Gasteiger partial charge in [0, 0.05) is 11.1 Å². The van der Waals surface area contributed by atoms with E-state index in [2.05, 4.69) is 20.0 Å². The molecule has 0 unspecified atom stereocenters. The lowest BCUT2D eigenvalue weighted by Crippen LogP contribution is -2.50. The molecule has 2 fully saturated rings. The summed E-state index contributed by atoms with van der Waals surface area (Å²) in [4.78, 5) is 54.9. The highest BCUT2D eigenvalue weighted by atomic mass is 16.5. The maximum absolute atomic E-state index is 13.0. The number of nitrogens with one attached hydrogen (secondary N) is 1.